The molecule has 4 heterocycles. The van der Waals surface area contributed by atoms with Gasteiger partial charge in [-0.3, -0.25) is 10.1 Å². The van der Waals surface area contributed by atoms with Crippen LogP contribution in [0.1, 0.15) is 81.8 Å². The Morgan fingerprint density at radius 3 is 2.53 bits per heavy atom. The Morgan fingerprint density at radius 2 is 1.86 bits per heavy atom. The van der Waals surface area contributed by atoms with E-state index >= 15 is 0 Å². The van der Waals surface area contributed by atoms with Gasteiger partial charge in [0.2, 0.25) is 0 Å². The van der Waals surface area contributed by atoms with Crippen LogP contribution in [-0.2, 0) is 0 Å². The van der Waals surface area contributed by atoms with Crippen molar-refractivity contribution in [2.24, 2.45) is 0 Å². The fourth-order valence-electron chi connectivity index (χ4n) is 5.80. The molecule has 8 nitrogen and oxygen atoms in total. The first-order chi connectivity index (χ1) is 17.6. The van der Waals surface area contributed by atoms with Crippen LogP contribution in [0.25, 0.3) is 28.3 Å². The maximum atomic E-state index is 5.57. The second-order valence-electron chi connectivity index (χ2n) is 10.7. The molecule has 2 N–H and O–H groups in total. The van der Waals surface area contributed by atoms with E-state index in [9.17, 15) is 0 Å². The van der Waals surface area contributed by atoms with Crippen molar-refractivity contribution in [3.8, 4) is 28.4 Å². The van der Waals surface area contributed by atoms with Gasteiger partial charge in [0.1, 0.15) is 6.33 Å². The largest absolute Gasteiger partial charge is 0.493 e. The fraction of sp³-hybridized carbons (Fsp3) is 0.500. The highest BCUT2D eigenvalue weighted by Crippen LogP contribution is 2.38. The summed E-state index contributed by atoms with van der Waals surface area (Å²) in [7, 11) is 1.65. The summed E-state index contributed by atoms with van der Waals surface area (Å²) in [6.07, 6.45) is 14.7. The summed E-state index contributed by atoms with van der Waals surface area (Å²) in [5.41, 5.74) is 6.90. The molecule has 0 saturated heterocycles. The minimum Gasteiger partial charge on any atom is -0.493 e. The lowest BCUT2D eigenvalue weighted by atomic mass is 9.81. The Morgan fingerprint density at radius 1 is 1.06 bits per heavy atom. The number of aromatic nitrogens is 6. The Hall–Kier alpha value is -3.26. The lowest BCUT2D eigenvalue weighted by Crippen LogP contribution is -2.43. The van der Waals surface area contributed by atoms with Gasteiger partial charge in [0.25, 0.3) is 0 Å². The lowest BCUT2D eigenvalue weighted by Gasteiger charge is -2.35. The topological polar surface area (TPSA) is 93.0 Å². The van der Waals surface area contributed by atoms with Crippen LogP contribution in [0.3, 0.4) is 0 Å². The van der Waals surface area contributed by atoms with Gasteiger partial charge in [-0.15, -0.1) is 0 Å². The summed E-state index contributed by atoms with van der Waals surface area (Å²) in [6, 6.07) is 7.87. The molecular formula is C28H35N7O. The molecule has 0 spiro atoms. The Bertz CT molecular complexity index is 1330. The zero-order valence-corrected chi connectivity index (χ0v) is 21.4. The molecule has 0 unspecified atom stereocenters. The lowest BCUT2D eigenvalue weighted by molar-refractivity contribution is 0.256. The number of hydrogen-bond donors (Lipinski definition) is 2. The molecule has 0 amide bonds. The molecule has 6 rings (SSSR count). The number of rotatable bonds is 7. The monoisotopic (exact) mass is 485 g/mol. The first kappa shape index (κ1) is 23.2. The third-order valence-electron chi connectivity index (χ3n) is 8.03. The molecule has 0 atom stereocenters. The second-order valence-corrected chi connectivity index (χ2v) is 10.7. The number of ether oxygens (including phenoxy) is 1. The minimum atomic E-state index is 0.256. The number of fused-ring (bicyclic) bond motifs is 1. The van der Waals surface area contributed by atoms with Gasteiger partial charge >= 0.3 is 0 Å². The van der Waals surface area contributed by atoms with Crippen molar-refractivity contribution < 1.29 is 4.74 Å². The highest BCUT2D eigenvalue weighted by Gasteiger charge is 2.27. The summed E-state index contributed by atoms with van der Waals surface area (Å²) in [4.78, 5) is 9.19. The molecule has 36 heavy (non-hydrogen) atoms. The zero-order valence-electron chi connectivity index (χ0n) is 21.4. The molecule has 4 aromatic heterocycles. The summed E-state index contributed by atoms with van der Waals surface area (Å²) in [5, 5.41) is 16.2. The van der Waals surface area contributed by atoms with Gasteiger partial charge in [-0.2, -0.15) is 10.2 Å². The van der Waals surface area contributed by atoms with Crippen molar-refractivity contribution in [3.05, 3.63) is 48.0 Å². The summed E-state index contributed by atoms with van der Waals surface area (Å²) in [5.74, 6) is 1.53. The van der Waals surface area contributed by atoms with Crippen LogP contribution in [0.5, 0.6) is 5.75 Å². The Balaban J connectivity index is 1.23. The van der Waals surface area contributed by atoms with Gasteiger partial charge in [0, 0.05) is 35.6 Å². The van der Waals surface area contributed by atoms with Crippen LogP contribution in [0.2, 0.25) is 0 Å². The number of H-pyrrole nitrogens is 1. The van der Waals surface area contributed by atoms with E-state index in [1.54, 1.807) is 11.6 Å². The van der Waals surface area contributed by atoms with E-state index in [4.69, 9.17) is 14.8 Å². The summed E-state index contributed by atoms with van der Waals surface area (Å²) >= 11 is 0. The first-order valence-corrected chi connectivity index (χ1v) is 13.3. The van der Waals surface area contributed by atoms with Gasteiger partial charge in [0.15, 0.2) is 11.4 Å². The van der Waals surface area contributed by atoms with Crippen molar-refractivity contribution in [1.29, 1.82) is 0 Å². The number of nitrogens with zero attached hydrogens (tertiary/aromatic N) is 5. The molecule has 0 radical (unpaired) electrons. The van der Waals surface area contributed by atoms with Crippen LogP contribution in [0.15, 0.2) is 36.9 Å². The first-order valence-electron chi connectivity index (χ1n) is 13.3. The average Bonchev–Trinajstić information content (AvgIpc) is 3.54. The van der Waals surface area contributed by atoms with Crippen LogP contribution in [0.4, 0.5) is 0 Å². The highest BCUT2D eigenvalue weighted by molar-refractivity contribution is 5.75. The number of aromatic amines is 1. The standard InChI is InChI=1S/C28H35N7O/c1-17(2)25-26(20-13-24(36-3)28-30-16-31-35(28)15-20)33-34-27(25)23-12-9-19(14-29-23)18-7-10-22(11-8-18)32-21-5-4-6-21/h9,12-18,21-22,32H,4-8,10-11H2,1-3H3,(H,33,34). The van der Waals surface area contributed by atoms with Crippen LogP contribution < -0.4 is 10.1 Å². The third kappa shape index (κ3) is 4.28. The quantitative estimate of drug-likeness (QED) is 0.360. The van der Waals surface area contributed by atoms with E-state index in [1.165, 1.54) is 56.8 Å². The Kier molecular flexibility index (Phi) is 6.21. The van der Waals surface area contributed by atoms with Gasteiger partial charge in [-0.25, -0.2) is 9.50 Å². The van der Waals surface area contributed by atoms with Crippen molar-refractivity contribution in [2.45, 2.75) is 82.7 Å². The van der Waals surface area contributed by atoms with Crippen LogP contribution in [-0.4, -0.2) is 49.0 Å². The predicted molar refractivity (Wildman–Crippen MR) is 140 cm³/mol. The molecule has 2 saturated carbocycles. The van der Waals surface area contributed by atoms with E-state index in [2.05, 4.69) is 52.7 Å². The molecular weight excluding hydrogens is 450 g/mol. The van der Waals surface area contributed by atoms with E-state index in [-0.39, 0.29) is 5.92 Å². The normalized spacial score (nSPS) is 20.7. The van der Waals surface area contributed by atoms with E-state index < -0.39 is 0 Å². The maximum Gasteiger partial charge on any atom is 0.197 e. The molecule has 0 aromatic carbocycles. The number of hydrogen-bond acceptors (Lipinski definition) is 6. The van der Waals surface area contributed by atoms with Crippen molar-refractivity contribution in [1.82, 2.24) is 35.1 Å². The zero-order chi connectivity index (χ0) is 24.6. The molecule has 4 aromatic rings. The minimum absolute atomic E-state index is 0.256. The predicted octanol–water partition coefficient (Wildman–Crippen LogP) is 5.48. The van der Waals surface area contributed by atoms with E-state index in [0.29, 0.717) is 23.4 Å². The van der Waals surface area contributed by atoms with Gasteiger partial charge in [-0.05, 0) is 68.1 Å². The molecule has 0 bridgehead atoms. The second kappa shape index (κ2) is 9.65. The molecule has 8 heteroatoms. The summed E-state index contributed by atoms with van der Waals surface area (Å²) in [6.45, 7) is 4.38. The number of nitrogens with one attached hydrogen (secondary N) is 2. The maximum absolute atomic E-state index is 5.57. The van der Waals surface area contributed by atoms with Crippen LogP contribution in [0, 0.1) is 0 Å². The molecule has 0 aliphatic heterocycles. The molecule has 2 aliphatic rings. The SMILES string of the molecule is COc1cc(-c2n[nH]c(-c3ccc(C4CCC(NC5CCC5)CC4)cn3)c2C(C)C)cn2ncnc12. The third-order valence-corrected chi connectivity index (χ3v) is 8.03. The molecule has 188 valence electrons. The number of methoxy groups -OCH3 is 1. The van der Waals surface area contributed by atoms with Crippen molar-refractivity contribution in [2.75, 3.05) is 7.11 Å². The molecule has 2 fully saturated rings. The van der Waals surface area contributed by atoms with Gasteiger partial charge in [-0.1, -0.05) is 26.3 Å². The van der Waals surface area contributed by atoms with Gasteiger partial charge in [0.05, 0.1) is 24.2 Å². The van der Waals surface area contributed by atoms with E-state index in [0.717, 1.165) is 34.3 Å². The summed E-state index contributed by atoms with van der Waals surface area (Å²) < 4.78 is 7.30. The van der Waals surface area contributed by atoms with Crippen molar-refractivity contribution >= 4 is 5.65 Å². The van der Waals surface area contributed by atoms with Crippen molar-refractivity contribution in [3.63, 3.8) is 0 Å². The smallest absolute Gasteiger partial charge is 0.197 e. The fourth-order valence-corrected chi connectivity index (χ4v) is 5.80. The Labute approximate surface area is 211 Å². The van der Waals surface area contributed by atoms with Gasteiger partial charge < -0.3 is 10.1 Å². The van der Waals surface area contributed by atoms with Crippen LogP contribution >= 0.6 is 0 Å². The number of pyridine rings is 2. The average molecular weight is 486 g/mol. The highest BCUT2D eigenvalue weighted by atomic mass is 16.5. The van der Waals surface area contributed by atoms with E-state index in [1.807, 2.05) is 12.3 Å². The molecule has 2 aliphatic carbocycles.